The molecule has 2 heteroatoms. The van der Waals surface area contributed by atoms with Gasteiger partial charge in [-0.15, -0.1) is 0 Å². The molecule has 0 unspecified atom stereocenters. The molecule has 0 spiro atoms. The van der Waals surface area contributed by atoms with Gasteiger partial charge >= 0.3 is 0 Å². The van der Waals surface area contributed by atoms with Crippen molar-refractivity contribution in [3.05, 3.63) is 206 Å². The van der Waals surface area contributed by atoms with Crippen LogP contribution in [-0.4, -0.2) is 9.55 Å². The highest BCUT2D eigenvalue weighted by atomic mass is 15.1. The van der Waals surface area contributed by atoms with Gasteiger partial charge in [-0.25, -0.2) is 4.98 Å². The summed E-state index contributed by atoms with van der Waals surface area (Å²) in [5.74, 6) is 0.923. The fourth-order valence-corrected chi connectivity index (χ4v) is 9.28. The van der Waals surface area contributed by atoms with E-state index in [2.05, 4.69) is 211 Å². The van der Waals surface area contributed by atoms with Crippen LogP contribution in [-0.2, 0) is 0 Å². The molecular weight excluding hydrogens is 689 g/mol. The number of imidazole rings is 1. The Balaban J connectivity index is 0.978. The number of nitrogens with zero attached hydrogens (tertiary/aromatic N) is 2. The summed E-state index contributed by atoms with van der Waals surface area (Å²) in [5.41, 5.74) is 8.92. The summed E-state index contributed by atoms with van der Waals surface area (Å²) < 4.78 is 2.29. The van der Waals surface area contributed by atoms with Crippen LogP contribution < -0.4 is 0 Å². The van der Waals surface area contributed by atoms with E-state index >= 15 is 0 Å². The number of hydrogen-bond donors (Lipinski definition) is 0. The van der Waals surface area contributed by atoms with Crippen LogP contribution in [0.5, 0.6) is 0 Å². The smallest absolute Gasteiger partial charge is 0.145 e. The molecule has 0 bridgehead atoms. The van der Waals surface area contributed by atoms with Gasteiger partial charge in [-0.2, -0.15) is 0 Å². The molecule has 12 rings (SSSR count). The summed E-state index contributed by atoms with van der Waals surface area (Å²) in [7, 11) is 0. The Hall–Kier alpha value is -7.55. The molecule has 0 N–H and O–H groups in total. The molecule has 0 radical (unpaired) electrons. The normalized spacial score (nSPS) is 11.9. The summed E-state index contributed by atoms with van der Waals surface area (Å²) in [4.78, 5) is 5.37. The van der Waals surface area contributed by atoms with Crippen molar-refractivity contribution in [2.24, 2.45) is 0 Å². The van der Waals surface area contributed by atoms with Crippen molar-refractivity contribution >= 4 is 75.7 Å². The van der Waals surface area contributed by atoms with Crippen LogP contribution in [0.3, 0.4) is 0 Å². The van der Waals surface area contributed by atoms with Gasteiger partial charge in [-0.05, 0) is 123 Å². The maximum atomic E-state index is 5.37. The molecule has 1 aromatic heterocycles. The summed E-state index contributed by atoms with van der Waals surface area (Å²) in [5, 5.41) is 15.4. The maximum Gasteiger partial charge on any atom is 0.145 e. The van der Waals surface area contributed by atoms with E-state index in [-0.39, 0.29) is 0 Å². The predicted molar refractivity (Wildman–Crippen MR) is 242 cm³/mol. The minimum Gasteiger partial charge on any atom is -0.292 e. The van der Waals surface area contributed by atoms with Crippen molar-refractivity contribution in [1.29, 1.82) is 0 Å². The van der Waals surface area contributed by atoms with Crippen LogP contribution in [0.4, 0.5) is 0 Å². The molecule has 0 atom stereocenters. The fraction of sp³-hybridized carbons (Fsp3) is 0. The quantitative estimate of drug-likeness (QED) is 0.165. The highest BCUT2D eigenvalue weighted by Gasteiger charge is 2.17. The minimum absolute atomic E-state index is 0.923. The third kappa shape index (κ3) is 4.94. The first kappa shape index (κ1) is 31.8. The van der Waals surface area contributed by atoms with E-state index in [0.29, 0.717) is 0 Å². The van der Waals surface area contributed by atoms with Crippen LogP contribution in [0.25, 0.3) is 115 Å². The first-order valence-corrected chi connectivity index (χ1v) is 19.6. The summed E-state index contributed by atoms with van der Waals surface area (Å²) in [6.07, 6.45) is 0. The average molecular weight is 723 g/mol. The molecule has 12 aromatic rings. The second-order valence-electron chi connectivity index (χ2n) is 15.1. The van der Waals surface area contributed by atoms with Crippen molar-refractivity contribution in [1.82, 2.24) is 9.55 Å². The van der Waals surface area contributed by atoms with Gasteiger partial charge in [0.15, 0.2) is 0 Å². The molecule has 0 aliphatic rings. The Bertz CT molecular complexity index is 3490. The van der Waals surface area contributed by atoms with E-state index in [9.17, 15) is 0 Å². The highest BCUT2D eigenvalue weighted by molar-refractivity contribution is 6.27. The van der Waals surface area contributed by atoms with Crippen molar-refractivity contribution in [3.8, 4) is 39.3 Å². The third-order valence-electron chi connectivity index (χ3n) is 12.0. The largest absolute Gasteiger partial charge is 0.292 e. The lowest BCUT2D eigenvalue weighted by molar-refractivity contribution is 1.10. The molecule has 2 nitrogen and oxygen atoms in total. The van der Waals surface area contributed by atoms with Gasteiger partial charge in [0.25, 0.3) is 0 Å². The van der Waals surface area contributed by atoms with Gasteiger partial charge < -0.3 is 0 Å². The van der Waals surface area contributed by atoms with E-state index in [4.69, 9.17) is 4.98 Å². The van der Waals surface area contributed by atoms with E-state index in [0.717, 1.165) is 33.7 Å². The Labute approximate surface area is 329 Å². The number of aromatic nitrogens is 2. The number of hydrogen-bond acceptors (Lipinski definition) is 1. The van der Waals surface area contributed by atoms with Crippen LogP contribution in [0, 0.1) is 0 Å². The minimum atomic E-state index is 0.923. The molecule has 264 valence electrons. The molecular formula is C55H34N2. The molecule has 57 heavy (non-hydrogen) atoms. The lowest BCUT2D eigenvalue weighted by Gasteiger charge is -2.13. The second-order valence-corrected chi connectivity index (χ2v) is 15.1. The molecule has 1 heterocycles. The molecule has 0 fully saturated rings. The SMILES string of the molecule is c1ccc(-n2c(-c3ccc(-c4ccc5c6ccccc6c6ccccc6c5c4)cc3)nc3cc(-c4ccc5c6ccccc6c6ccccc6c5c4)ccc32)cc1. The van der Waals surface area contributed by atoms with Gasteiger partial charge in [0.2, 0.25) is 0 Å². The van der Waals surface area contributed by atoms with Gasteiger partial charge in [0, 0.05) is 11.3 Å². The molecule has 0 amide bonds. The molecule has 0 saturated heterocycles. The van der Waals surface area contributed by atoms with Crippen LogP contribution in [0.2, 0.25) is 0 Å². The van der Waals surface area contributed by atoms with Crippen molar-refractivity contribution < 1.29 is 0 Å². The molecule has 0 saturated carbocycles. The summed E-state index contributed by atoms with van der Waals surface area (Å²) >= 11 is 0. The van der Waals surface area contributed by atoms with Crippen molar-refractivity contribution in [3.63, 3.8) is 0 Å². The van der Waals surface area contributed by atoms with Crippen molar-refractivity contribution in [2.45, 2.75) is 0 Å². The van der Waals surface area contributed by atoms with E-state index in [1.165, 1.54) is 81.3 Å². The number of fused-ring (bicyclic) bond motifs is 13. The highest BCUT2D eigenvalue weighted by Crippen LogP contribution is 2.40. The van der Waals surface area contributed by atoms with Gasteiger partial charge in [-0.3, -0.25) is 4.57 Å². The Kier molecular flexibility index (Phi) is 6.96. The van der Waals surface area contributed by atoms with Crippen LogP contribution in [0.1, 0.15) is 0 Å². The van der Waals surface area contributed by atoms with E-state index in [1.807, 2.05) is 0 Å². The average Bonchev–Trinajstić information content (AvgIpc) is 3.68. The standard InChI is InChI=1S/C55H34N2/c1-2-12-40(13-3-1)57-54-31-28-39(38-27-30-50-46-19-7-5-15-42(46)44-17-9-11-21-48(44)52(50)33-38)34-53(54)56-55(57)36-24-22-35(23-25-36)37-26-29-49-45-18-6-4-14-41(45)43-16-8-10-20-47(43)51(49)32-37/h1-34H. The summed E-state index contributed by atoms with van der Waals surface area (Å²) in [6.45, 7) is 0. The molecule has 0 aliphatic heterocycles. The molecule has 11 aromatic carbocycles. The lowest BCUT2D eigenvalue weighted by atomic mass is 9.92. The summed E-state index contributed by atoms with van der Waals surface area (Å²) in [6, 6.07) is 75.1. The lowest BCUT2D eigenvalue weighted by Crippen LogP contribution is -1.97. The monoisotopic (exact) mass is 722 g/mol. The predicted octanol–water partition coefficient (Wildman–Crippen LogP) is 14.9. The van der Waals surface area contributed by atoms with Gasteiger partial charge in [-0.1, -0.05) is 170 Å². The Morgan fingerprint density at radius 1 is 0.263 bits per heavy atom. The van der Waals surface area contributed by atoms with Gasteiger partial charge in [0.1, 0.15) is 5.82 Å². The first-order valence-electron chi connectivity index (χ1n) is 19.6. The zero-order valence-corrected chi connectivity index (χ0v) is 31.0. The number of benzene rings is 11. The van der Waals surface area contributed by atoms with E-state index in [1.54, 1.807) is 0 Å². The number of para-hydroxylation sites is 1. The Morgan fingerprint density at radius 3 is 1.11 bits per heavy atom. The first-order chi connectivity index (χ1) is 28.3. The zero-order chi connectivity index (χ0) is 37.5. The third-order valence-corrected chi connectivity index (χ3v) is 12.0. The van der Waals surface area contributed by atoms with Crippen molar-refractivity contribution in [2.75, 3.05) is 0 Å². The topological polar surface area (TPSA) is 17.8 Å². The fourth-order valence-electron chi connectivity index (χ4n) is 9.28. The number of rotatable bonds is 4. The maximum absolute atomic E-state index is 5.37. The van der Waals surface area contributed by atoms with Crippen LogP contribution >= 0.6 is 0 Å². The second kappa shape index (κ2) is 12.5. The zero-order valence-electron chi connectivity index (χ0n) is 31.0. The van der Waals surface area contributed by atoms with Crippen LogP contribution in [0.15, 0.2) is 206 Å². The Morgan fingerprint density at radius 2 is 0.614 bits per heavy atom. The van der Waals surface area contributed by atoms with Gasteiger partial charge in [0.05, 0.1) is 11.0 Å². The molecule has 0 aliphatic carbocycles. The van der Waals surface area contributed by atoms with E-state index < -0.39 is 0 Å².